The van der Waals surface area contributed by atoms with Crippen molar-refractivity contribution >= 4 is 23.9 Å². The van der Waals surface area contributed by atoms with Crippen LogP contribution in [0.4, 0.5) is 0 Å². The van der Waals surface area contributed by atoms with E-state index in [1.807, 2.05) is 13.8 Å². The van der Waals surface area contributed by atoms with E-state index in [1.165, 1.54) is 0 Å². The minimum absolute atomic E-state index is 0.0180. The van der Waals surface area contributed by atoms with E-state index in [-0.39, 0.29) is 36.5 Å². The Balaban J connectivity index is 2.84. The third-order valence-electron chi connectivity index (χ3n) is 5.86. The van der Waals surface area contributed by atoms with Gasteiger partial charge < -0.3 is 20.4 Å². The molecular formula is C18H28O8. The van der Waals surface area contributed by atoms with E-state index >= 15 is 0 Å². The smallest absolute Gasteiger partial charge is 0.317 e. The van der Waals surface area contributed by atoms with Crippen LogP contribution in [0.15, 0.2) is 0 Å². The van der Waals surface area contributed by atoms with Crippen LogP contribution in [0, 0.1) is 35.5 Å². The van der Waals surface area contributed by atoms with Gasteiger partial charge in [-0.3, -0.25) is 19.2 Å². The number of carboxylic acids is 4. The van der Waals surface area contributed by atoms with Crippen LogP contribution in [0.1, 0.15) is 52.4 Å². The number of aliphatic carboxylic acids is 4. The first-order chi connectivity index (χ1) is 12.1. The van der Waals surface area contributed by atoms with Crippen molar-refractivity contribution in [1.82, 2.24) is 0 Å². The number of carbonyl (C=O) groups is 4. The van der Waals surface area contributed by atoms with Gasteiger partial charge in [0.15, 0.2) is 11.8 Å². The Morgan fingerprint density at radius 3 is 1.19 bits per heavy atom. The number of hydrogen-bond acceptors (Lipinski definition) is 4. The Kier molecular flexibility index (Phi) is 8.05. The van der Waals surface area contributed by atoms with Crippen LogP contribution in [-0.4, -0.2) is 44.3 Å². The summed E-state index contributed by atoms with van der Waals surface area (Å²) in [4.78, 5) is 44.4. The number of rotatable bonds is 10. The molecule has 148 valence electrons. The Morgan fingerprint density at radius 2 is 0.962 bits per heavy atom. The molecule has 0 aliphatic heterocycles. The molecular weight excluding hydrogens is 344 g/mol. The van der Waals surface area contributed by atoms with Gasteiger partial charge in [0.1, 0.15) is 0 Å². The molecule has 26 heavy (non-hydrogen) atoms. The van der Waals surface area contributed by atoms with Gasteiger partial charge in [-0.25, -0.2) is 0 Å². The zero-order valence-electron chi connectivity index (χ0n) is 15.1. The van der Waals surface area contributed by atoms with Gasteiger partial charge in [-0.15, -0.1) is 0 Å². The van der Waals surface area contributed by atoms with E-state index in [9.17, 15) is 19.2 Å². The summed E-state index contributed by atoms with van der Waals surface area (Å²) in [7, 11) is 0. The first-order valence-electron chi connectivity index (χ1n) is 8.97. The average Bonchev–Trinajstić information content (AvgIpc) is 2.51. The van der Waals surface area contributed by atoms with Crippen LogP contribution in [0.5, 0.6) is 0 Å². The second-order valence-corrected chi connectivity index (χ2v) is 7.47. The molecule has 4 unspecified atom stereocenters. The van der Waals surface area contributed by atoms with Crippen molar-refractivity contribution in [2.45, 2.75) is 52.4 Å². The van der Waals surface area contributed by atoms with Crippen molar-refractivity contribution in [2.75, 3.05) is 0 Å². The highest BCUT2D eigenvalue weighted by atomic mass is 16.4. The Morgan fingerprint density at radius 1 is 0.692 bits per heavy atom. The maximum atomic E-state index is 11.1. The fourth-order valence-electron chi connectivity index (χ4n) is 4.22. The summed E-state index contributed by atoms with van der Waals surface area (Å²) < 4.78 is 0. The third-order valence-corrected chi connectivity index (χ3v) is 5.86. The fraction of sp³-hybridized carbons (Fsp3) is 0.778. The topological polar surface area (TPSA) is 149 Å². The van der Waals surface area contributed by atoms with E-state index in [4.69, 9.17) is 20.4 Å². The monoisotopic (exact) mass is 372 g/mol. The lowest BCUT2D eigenvalue weighted by Crippen LogP contribution is -2.35. The molecule has 0 radical (unpaired) electrons. The summed E-state index contributed by atoms with van der Waals surface area (Å²) in [6.07, 6.45) is 2.76. The summed E-state index contributed by atoms with van der Waals surface area (Å²) in [5, 5.41) is 36.2. The fourth-order valence-corrected chi connectivity index (χ4v) is 4.22. The molecule has 0 aromatic rings. The van der Waals surface area contributed by atoms with Crippen molar-refractivity contribution in [1.29, 1.82) is 0 Å². The van der Waals surface area contributed by atoms with Crippen LogP contribution in [0.3, 0.4) is 0 Å². The average molecular weight is 372 g/mol. The molecule has 1 aliphatic carbocycles. The molecule has 1 rings (SSSR count). The van der Waals surface area contributed by atoms with Crippen molar-refractivity contribution in [3.63, 3.8) is 0 Å². The predicted octanol–water partition coefficient (Wildman–Crippen LogP) is 2.42. The minimum Gasteiger partial charge on any atom is -0.481 e. The van der Waals surface area contributed by atoms with Crippen molar-refractivity contribution < 1.29 is 39.6 Å². The molecule has 0 saturated heterocycles. The lowest BCUT2D eigenvalue weighted by atomic mass is 9.64. The number of carboxylic acid groups (broad SMARTS) is 4. The molecule has 1 aliphatic rings. The van der Waals surface area contributed by atoms with Crippen LogP contribution in [0.25, 0.3) is 0 Å². The molecule has 1 fully saturated rings. The maximum Gasteiger partial charge on any atom is 0.317 e. The summed E-state index contributed by atoms with van der Waals surface area (Å²) in [5.41, 5.74) is 0. The van der Waals surface area contributed by atoms with Crippen LogP contribution in [0.2, 0.25) is 0 Å². The summed E-state index contributed by atoms with van der Waals surface area (Å²) >= 11 is 0. The minimum atomic E-state index is -1.45. The van der Waals surface area contributed by atoms with Crippen molar-refractivity contribution in [3.05, 3.63) is 0 Å². The van der Waals surface area contributed by atoms with E-state index in [0.29, 0.717) is 12.8 Å². The summed E-state index contributed by atoms with van der Waals surface area (Å²) in [6, 6.07) is 0. The Hall–Kier alpha value is -2.12. The van der Waals surface area contributed by atoms with Gasteiger partial charge in [-0.2, -0.15) is 0 Å². The van der Waals surface area contributed by atoms with Crippen molar-refractivity contribution in [2.24, 2.45) is 35.5 Å². The molecule has 4 atom stereocenters. The molecule has 4 N–H and O–H groups in total. The quantitative estimate of drug-likeness (QED) is 0.427. The van der Waals surface area contributed by atoms with E-state index in [1.54, 1.807) is 0 Å². The van der Waals surface area contributed by atoms with Gasteiger partial charge in [-0.05, 0) is 49.4 Å². The maximum absolute atomic E-state index is 11.1. The third kappa shape index (κ3) is 5.71. The normalized spacial score (nSPS) is 26.0. The molecule has 0 amide bonds. The highest BCUT2D eigenvalue weighted by Gasteiger charge is 2.38. The zero-order valence-corrected chi connectivity index (χ0v) is 15.1. The predicted molar refractivity (Wildman–Crippen MR) is 90.5 cm³/mol. The number of hydrogen-bond donors (Lipinski definition) is 4. The standard InChI is InChI=1S/C18H28O8/c1-9-3-4-10(2)12(6-8-14(17(23)24)18(25)26)11(9)5-7-13(15(19)20)16(21)22/h9-14H,3-8H2,1-2H3,(H,19,20)(H,21,22)(H,23,24)(H,25,26). The lowest BCUT2D eigenvalue weighted by Gasteiger charge is -2.41. The van der Waals surface area contributed by atoms with Gasteiger partial charge in [0.25, 0.3) is 0 Å². The zero-order chi connectivity index (χ0) is 20.0. The highest BCUT2D eigenvalue weighted by molar-refractivity contribution is 5.93. The SMILES string of the molecule is CC1CCC(C)C(CCC(C(=O)O)C(=O)O)C1CCC(C(=O)O)C(=O)O. The Labute approximate surface area is 152 Å². The molecule has 8 nitrogen and oxygen atoms in total. The molecule has 8 heteroatoms. The summed E-state index contributed by atoms with van der Waals surface area (Å²) in [5.74, 6) is -7.71. The Bertz CT molecular complexity index is 467. The molecule has 0 bridgehead atoms. The van der Waals surface area contributed by atoms with E-state index in [0.717, 1.165) is 12.8 Å². The van der Waals surface area contributed by atoms with Gasteiger partial charge in [0.2, 0.25) is 0 Å². The van der Waals surface area contributed by atoms with E-state index < -0.39 is 35.7 Å². The van der Waals surface area contributed by atoms with Crippen LogP contribution in [-0.2, 0) is 19.2 Å². The molecule has 0 aromatic carbocycles. The first-order valence-corrected chi connectivity index (χ1v) is 8.97. The summed E-state index contributed by atoms with van der Waals surface area (Å²) in [6.45, 7) is 4.07. The second-order valence-electron chi connectivity index (χ2n) is 7.47. The van der Waals surface area contributed by atoms with Crippen LogP contribution >= 0.6 is 0 Å². The molecule has 0 heterocycles. The van der Waals surface area contributed by atoms with Gasteiger partial charge in [-0.1, -0.05) is 26.7 Å². The molecule has 1 saturated carbocycles. The van der Waals surface area contributed by atoms with Gasteiger partial charge in [0, 0.05) is 0 Å². The van der Waals surface area contributed by atoms with Crippen molar-refractivity contribution in [3.8, 4) is 0 Å². The second kappa shape index (κ2) is 9.54. The van der Waals surface area contributed by atoms with Gasteiger partial charge in [0.05, 0.1) is 0 Å². The molecule has 0 spiro atoms. The van der Waals surface area contributed by atoms with Gasteiger partial charge >= 0.3 is 23.9 Å². The first kappa shape index (κ1) is 21.9. The van der Waals surface area contributed by atoms with Crippen LogP contribution < -0.4 is 0 Å². The van der Waals surface area contributed by atoms with E-state index in [2.05, 4.69) is 0 Å². The molecule has 0 aromatic heterocycles. The largest absolute Gasteiger partial charge is 0.481 e. The lowest BCUT2D eigenvalue weighted by molar-refractivity contribution is -0.157. The highest BCUT2D eigenvalue weighted by Crippen LogP contribution is 2.44.